The highest BCUT2D eigenvalue weighted by molar-refractivity contribution is 5.90. The molecule has 0 unspecified atom stereocenters. The Balaban J connectivity index is 3.25. The Kier molecular flexibility index (Phi) is 11.9. The fourth-order valence-electron chi connectivity index (χ4n) is 4.64. The minimum Gasteiger partial charge on any atom is -0.463 e. The summed E-state index contributed by atoms with van der Waals surface area (Å²) in [5.41, 5.74) is 0.654. The maximum atomic E-state index is 13.8. The first kappa shape index (κ1) is 31.4. The van der Waals surface area contributed by atoms with Gasteiger partial charge in [0.05, 0.1) is 12.6 Å². The summed E-state index contributed by atoms with van der Waals surface area (Å²) in [7, 11) is 1.74. The predicted octanol–water partition coefficient (Wildman–Crippen LogP) is 5.66. The first-order chi connectivity index (χ1) is 16.7. The number of carbonyl (C=O) groups excluding carboxylic acids is 3. The van der Waals surface area contributed by atoms with Crippen molar-refractivity contribution >= 4 is 17.8 Å². The minimum atomic E-state index is -0.716. The van der Waals surface area contributed by atoms with E-state index in [9.17, 15) is 14.4 Å². The smallest absolute Gasteiger partial charge is 0.333 e. The average molecular weight is 501 g/mol. The Morgan fingerprint density at radius 2 is 1.61 bits per heavy atom. The Morgan fingerprint density at radius 3 is 2.08 bits per heavy atom. The van der Waals surface area contributed by atoms with Gasteiger partial charge in [-0.15, -0.1) is 0 Å². The van der Waals surface area contributed by atoms with Crippen molar-refractivity contribution in [3.8, 4) is 0 Å². The van der Waals surface area contributed by atoms with Gasteiger partial charge < -0.3 is 15.0 Å². The number of esters is 1. The number of nitrogens with zero attached hydrogens (tertiary/aromatic N) is 1. The van der Waals surface area contributed by atoms with Crippen molar-refractivity contribution in [2.45, 2.75) is 99.1 Å². The summed E-state index contributed by atoms with van der Waals surface area (Å²) < 4.78 is 5.12. The molecule has 2 amide bonds. The Morgan fingerprint density at radius 1 is 1.03 bits per heavy atom. The van der Waals surface area contributed by atoms with Gasteiger partial charge in [-0.1, -0.05) is 91.3 Å². The van der Waals surface area contributed by atoms with E-state index in [1.165, 1.54) is 0 Å². The van der Waals surface area contributed by atoms with Crippen LogP contribution >= 0.6 is 0 Å². The molecule has 1 aromatic rings. The Bertz CT molecular complexity index is 899. The monoisotopic (exact) mass is 500 g/mol. The van der Waals surface area contributed by atoms with Gasteiger partial charge in [-0.05, 0) is 37.7 Å². The second-order valence-electron chi connectivity index (χ2n) is 11.2. The highest BCUT2D eigenvalue weighted by Crippen LogP contribution is 2.34. The van der Waals surface area contributed by atoms with Crippen molar-refractivity contribution in [2.24, 2.45) is 11.3 Å². The molecule has 0 radical (unpaired) electrons. The molecule has 1 aromatic carbocycles. The molecule has 0 aliphatic heterocycles. The average Bonchev–Trinajstić information content (AvgIpc) is 2.81. The van der Waals surface area contributed by atoms with Crippen LogP contribution in [0, 0.1) is 11.3 Å². The molecule has 0 aliphatic rings. The van der Waals surface area contributed by atoms with Gasteiger partial charge >= 0.3 is 5.97 Å². The first-order valence-electron chi connectivity index (χ1n) is 13.2. The highest BCUT2D eigenvalue weighted by atomic mass is 16.5. The van der Waals surface area contributed by atoms with E-state index in [-0.39, 0.29) is 29.7 Å². The molecule has 0 saturated carbocycles. The van der Waals surface area contributed by atoms with E-state index in [0.717, 1.165) is 12.0 Å². The van der Waals surface area contributed by atoms with Crippen LogP contribution in [0.25, 0.3) is 0 Å². The summed E-state index contributed by atoms with van der Waals surface area (Å²) in [6.45, 7) is 17.9. The zero-order chi connectivity index (χ0) is 27.7. The van der Waals surface area contributed by atoms with E-state index < -0.39 is 16.9 Å². The Hall–Kier alpha value is -2.63. The number of ether oxygens (including phenoxy) is 1. The normalized spacial score (nSPS) is 15.0. The largest absolute Gasteiger partial charge is 0.463 e. The van der Waals surface area contributed by atoms with Crippen LogP contribution in [0.3, 0.4) is 0 Å². The molecule has 202 valence electrons. The van der Waals surface area contributed by atoms with Gasteiger partial charge in [0, 0.05) is 24.0 Å². The van der Waals surface area contributed by atoms with Crippen molar-refractivity contribution in [3.63, 3.8) is 0 Å². The lowest BCUT2D eigenvalue weighted by molar-refractivity contribution is -0.141. The lowest BCUT2D eigenvalue weighted by Crippen LogP contribution is -2.57. The molecular formula is C30H48N2O4. The van der Waals surface area contributed by atoms with Crippen molar-refractivity contribution in [1.29, 1.82) is 0 Å². The molecule has 0 bridgehead atoms. The molecule has 0 spiro atoms. The lowest BCUT2D eigenvalue weighted by Gasteiger charge is -2.39. The molecule has 0 heterocycles. The van der Waals surface area contributed by atoms with Crippen LogP contribution in [0.15, 0.2) is 42.0 Å². The van der Waals surface area contributed by atoms with Crippen LogP contribution in [0.5, 0.6) is 0 Å². The topological polar surface area (TPSA) is 75.7 Å². The number of carbonyl (C=O) groups is 3. The van der Waals surface area contributed by atoms with Gasteiger partial charge in [0.2, 0.25) is 11.8 Å². The van der Waals surface area contributed by atoms with E-state index in [0.29, 0.717) is 25.0 Å². The molecule has 1 N–H and O–H groups in total. The fraction of sp³-hybridized carbons (Fsp3) is 0.633. The number of hydrogen-bond donors (Lipinski definition) is 1. The van der Waals surface area contributed by atoms with Gasteiger partial charge in [-0.25, -0.2) is 4.79 Å². The molecule has 0 fully saturated rings. The summed E-state index contributed by atoms with van der Waals surface area (Å²) in [4.78, 5) is 41.3. The van der Waals surface area contributed by atoms with E-state index >= 15 is 0 Å². The van der Waals surface area contributed by atoms with Gasteiger partial charge in [0.25, 0.3) is 0 Å². The van der Waals surface area contributed by atoms with Crippen LogP contribution in [-0.2, 0) is 24.5 Å². The zero-order valence-corrected chi connectivity index (χ0v) is 24.1. The summed E-state index contributed by atoms with van der Waals surface area (Å²) in [6, 6.07) is 9.03. The first-order valence-corrected chi connectivity index (χ1v) is 13.2. The van der Waals surface area contributed by atoms with Crippen molar-refractivity contribution in [2.75, 3.05) is 13.7 Å². The van der Waals surface area contributed by atoms with Crippen LogP contribution < -0.4 is 5.32 Å². The number of hydrogen-bond acceptors (Lipinski definition) is 4. The number of benzene rings is 1. The standard InChI is InChI=1S/C30H48N2O4/c1-11-17-23(20-21(4)28(35)36-13-3)32(10)27(34)25(29(5,6)7)31-26(33)24(12-2)30(8,9)22-18-15-14-16-19-22/h14-16,18-20,23-25H,11-13,17H2,1-10H3,(H,31,33)/b21-20+/t23-,24+,25+/m0/s1. The van der Waals surface area contributed by atoms with Crippen molar-refractivity contribution in [3.05, 3.63) is 47.5 Å². The highest BCUT2D eigenvalue weighted by Gasteiger charge is 2.41. The second kappa shape index (κ2) is 13.6. The van der Waals surface area contributed by atoms with Crippen LogP contribution in [-0.4, -0.2) is 48.4 Å². The molecule has 0 aliphatic carbocycles. The molecular weight excluding hydrogens is 452 g/mol. The molecule has 3 atom stereocenters. The van der Waals surface area contributed by atoms with Crippen LogP contribution in [0.1, 0.15) is 87.1 Å². The van der Waals surface area contributed by atoms with Crippen LogP contribution in [0.4, 0.5) is 0 Å². The predicted molar refractivity (Wildman–Crippen MR) is 146 cm³/mol. The maximum Gasteiger partial charge on any atom is 0.333 e. The molecule has 0 saturated heterocycles. The molecule has 0 aromatic heterocycles. The van der Waals surface area contributed by atoms with Crippen LogP contribution in [0.2, 0.25) is 0 Å². The van der Waals surface area contributed by atoms with Crippen molar-refractivity contribution in [1.82, 2.24) is 10.2 Å². The number of likely N-dealkylation sites (N-methyl/N-ethyl adjacent to an activating group) is 1. The van der Waals surface area contributed by atoms with Gasteiger partial charge in [0.15, 0.2) is 0 Å². The fourth-order valence-corrected chi connectivity index (χ4v) is 4.64. The van der Waals surface area contributed by atoms with Gasteiger partial charge in [0.1, 0.15) is 6.04 Å². The van der Waals surface area contributed by atoms with E-state index in [4.69, 9.17) is 4.74 Å². The third kappa shape index (κ3) is 8.21. The van der Waals surface area contributed by atoms with E-state index in [1.54, 1.807) is 31.9 Å². The second-order valence-corrected chi connectivity index (χ2v) is 11.2. The zero-order valence-electron chi connectivity index (χ0n) is 24.1. The molecule has 36 heavy (non-hydrogen) atoms. The van der Waals surface area contributed by atoms with Gasteiger partial charge in [-0.3, -0.25) is 9.59 Å². The third-order valence-electron chi connectivity index (χ3n) is 6.98. The number of nitrogens with one attached hydrogen (secondary N) is 1. The number of amides is 2. The Labute approximate surface area is 218 Å². The van der Waals surface area contributed by atoms with E-state index in [1.807, 2.05) is 65.0 Å². The summed E-state index contributed by atoms with van der Waals surface area (Å²) in [6.07, 6.45) is 3.98. The summed E-state index contributed by atoms with van der Waals surface area (Å²) in [5, 5.41) is 3.12. The summed E-state index contributed by atoms with van der Waals surface area (Å²) in [5.74, 6) is -0.984. The minimum absolute atomic E-state index is 0.127. The SMILES string of the molecule is CCC[C@@H](/C=C(\C)C(=O)OCC)N(C)C(=O)[C@@H](NC(=O)[C@@H](CC)C(C)(C)c1ccccc1)C(C)(C)C. The summed E-state index contributed by atoms with van der Waals surface area (Å²) >= 11 is 0. The molecule has 6 nitrogen and oxygen atoms in total. The molecule has 1 rings (SSSR count). The number of rotatable bonds is 12. The quantitative estimate of drug-likeness (QED) is 0.297. The van der Waals surface area contributed by atoms with E-state index in [2.05, 4.69) is 19.2 Å². The lowest BCUT2D eigenvalue weighted by atomic mass is 9.71. The molecule has 6 heteroatoms. The third-order valence-corrected chi connectivity index (χ3v) is 6.98. The van der Waals surface area contributed by atoms with Gasteiger partial charge in [-0.2, -0.15) is 0 Å². The maximum absolute atomic E-state index is 13.8. The van der Waals surface area contributed by atoms with Crippen molar-refractivity contribution < 1.29 is 19.1 Å².